The Morgan fingerprint density at radius 1 is 1.14 bits per heavy atom. The molecule has 8 N–H and O–H groups in total. The van der Waals surface area contributed by atoms with Crippen LogP contribution in [-0.2, 0) is 0 Å². The molecule has 1 amide bonds. The third-order valence-electron chi connectivity index (χ3n) is 4.30. The molecule has 0 fully saturated rings. The first-order chi connectivity index (χ1) is 12.6. The van der Waals surface area contributed by atoms with Crippen molar-refractivity contribution in [2.45, 2.75) is 18.2 Å². The fourth-order valence-electron chi connectivity index (χ4n) is 2.84. The molecule has 0 aliphatic heterocycles. The van der Waals surface area contributed by atoms with Gasteiger partial charge in [-0.05, 0) is 48.2 Å². The van der Waals surface area contributed by atoms with Crippen molar-refractivity contribution in [1.82, 2.24) is 16.5 Å². The lowest BCUT2D eigenvalue weighted by Gasteiger charge is -2.09. The van der Waals surface area contributed by atoms with Crippen LogP contribution in [0, 0.1) is 5.82 Å². The Morgan fingerprint density at radius 2 is 1.82 bits per heavy atom. The van der Waals surface area contributed by atoms with Gasteiger partial charge in [-0.25, -0.2) is 4.39 Å². The summed E-state index contributed by atoms with van der Waals surface area (Å²) in [5.74, 6) is -0.439. The number of H-pyrrole nitrogens is 1. The van der Waals surface area contributed by atoms with Gasteiger partial charge in [0.25, 0.3) is 5.91 Å². The normalized spacial score (nSPS) is 11.4. The number of benzene rings is 2. The van der Waals surface area contributed by atoms with Crippen molar-refractivity contribution >= 4 is 28.4 Å². The summed E-state index contributed by atoms with van der Waals surface area (Å²) in [6.45, 7) is 1.27. The fourth-order valence-corrected chi connectivity index (χ4v) is 3.07. The zero-order valence-electron chi connectivity index (χ0n) is 15.5. The second-order valence-electron chi connectivity index (χ2n) is 6.30. The highest BCUT2D eigenvalue weighted by Gasteiger charge is 2.12. The van der Waals surface area contributed by atoms with E-state index in [4.69, 9.17) is 11.6 Å². The molecule has 1 atom stereocenters. The zero-order valence-corrected chi connectivity index (χ0v) is 17.0. The van der Waals surface area contributed by atoms with Crippen LogP contribution >= 0.6 is 11.6 Å². The number of carbonyl (C=O) groups is 1. The maximum Gasteiger partial charge on any atom is 0.267 e. The number of carbonyl (C=O) groups excluding carboxylic acids is 1. The highest BCUT2D eigenvalue weighted by Crippen LogP contribution is 2.25. The summed E-state index contributed by atoms with van der Waals surface area (Å²) in [7, 11) is 0. The predicted molar refractivity (Wildman–Crippen MR) is 108 cm³/mol. The van der Waals surface area contributed by atoms with E-state index < -0.39 is 0 Å². The lowest BCUT2D eigenvalue weighted by Crippen LogP contribution is -3.00. The van der Waals surface area contributed by atoms with E-state index in [9.17, 15) is 9.18 Å². The van der Waals surface area contributed by atoms with E-state index in [1.54, 1.807) is 12.1 Å². The van der Waals surface area contributed by atoms with Crippen molar-refractivity contribution in [2.24, 2.45) is 0 Å². The lowest BCUT2D eigenvalue weighted by atomic mass is 10.0. The molecule has 0 saturated carbocycles. The summed E-state index contributed by atoms with van der Waals surface area (Å²) < 4.78 is 13.1. The third-order valence-corrected chi connectivity index (χ3v) is 4.67. The number of quaternary nitrogens is 1. The smallest absolute Gasteiger partial charge is 0.267 e. The quantitative estimate of drug-likeness (QED) is 0.412. The highest BCUT2D eigenvalue weighted by atomic mass is 35.5. The van der Waals surface area contributed by atoms with E-state index in [-0.39, 0.29) is 35.7 Å². The Labute approximate surface area is 174 Å². The number of aromatic amines is 1. The van der Waals surface area contributed by atoms with E-state index in [1.807, 2.05) is 24.3 Å². The molecule has 152 valence electrons. The summed E-state index contributed by atoms with van der Waals surface area (Å²) in [4.78, 5) is 15.5. The largest absolute Gasteiger partial charge is 1.00 e. The summed E-state index contributed by atoms with van der Waals surface area (Å²) in [6, 6.07) is 14.0. The van der Waals surface area contributed by atoms with E-state index >= 15 is 0 Å². The Morgan fingerprint density at radius 3 is 2.50 bits per heavy atom. The molecule has 28 heavy (non-hydrogen) atoms. The number of halogens is 3. The summed E-state index contributed by atoms with van der Waals surface area (Å²) >= 11 is 6.19. The zero-order chi connectivity index (χ0) is 18.5. The Hall–Kier alpha value is -2.12. The van der Waals surface area contributed by atoms with Crippen LogP contribution < -0.4 is 29.6 Å². The van der Waals surface area contributed by atoms with Crippen LogP contribution in [0.1, 0.15) is 23.3 Å². The molecule has 3 aromatic rings. The monoisotopic (exact) mass is 426 g/mol. The molecule has 0 saturated heterocycles. The molecular weight excluding hydrogens is 402 g/mol. The van der Waals surface area contributed by atoms with Crippen LogP contribution in [0.4, 0.5) is 4.39 Å². The number of hydrogen-bond donors (Lipinski definition) is 4. The van der Waals surface area contributed by atoms with Crippen LogP contribution in [-0.4, -0.2) is 29.4 Å². The molecule has 1 heterocycles. The molecule has 0 unspecified atom stereocenters. The van der Waals surface area contributed by atoms with Crippen molar-refractivity contribution < 1.29 is 27.3 Å². The highest BCUT2D eigenvalue weighted by molar-refractivity contribution is 6.21. The number of hydrogen-bond acceptors (Lipinski definition) is 2. The van der Waals surface area contributed by atoms with Gasteiger partial charge in [-0.3, -0.25) is 4.79 Å². The molecule has 0 spiro atoms. The minimum atomic E-state index is -0.263. The van der Waals surface area contributed by atoms with Gasteiger partial charge in [0.15, 0.2) is 0 Å². The second kappa shape index (κ2) is 11.0. The predicted octanol–water partition coefficient (Wildman–Crippen LogP) is 0.499. The average molecular weight is 427 g/mol. The molecular formula is C20H25Cl2FN4O. The Kier molecular flexibility index (Phi) is 9.41. The number of fused-ring (bicyclic) bond motifs is 1. The van der Waals surface area contributed by atoms with Gasteiger partial charge in [-0.1, -0.05) is 24.3 Å². The van der Waals surface area contributed by atoms with Crippen LogP contribution in [0.3, 0.4) is 0 Å². The SMILES string of the molecule is N.[Cl-].[NH3+]CCC[C@@H](Cl)CNC(=O)c1cc2ccc(-c3ccc(F)cc3)cc2[nH]1. The van der Waals surface area contributed by atoms with Gasteiger partial charge in [-0.2, -0.15) is 0 Å². The molecule has 2 aromatic carbocycles. The minimum absolute atomic E-state index is 0. The molecule has 0 bridgehead atoms. The Balaban J connectivity index is 0.00000196. The maximum absolute atomic E-state index is 13.1. The summed E-state index contributed by atoms with van der Waals surface area (Å²) in [5, 5.41) is 3.71. The number of rotatable bonds is 7. The van der Waals surface area contributed by atoms with Crippen LogP contribution in [0.2, 0.25) is 0 Å². The molecule has 8 heteroatoms. The minimum Gasteiger partial charge on any atom is -1.00 e. The first-order valence-electron chi connectivity index (χ1n) is 8.67. The topological polar surface area (TPSA) is 108 Å². The van der Waals surface area contributed by atoms with Gasteiger partial charge in [0.05, 0.1) is 11.9 Å². The van der Waals surface area contributed by atoms with Gasteiger partial charge < -0.3 is 34.6 Å². The number of alkyl halides is 1. The van der Waals surface area contributed by atoms with Crippen LogP contribution in [0.5, 0.6) is 0 Å². The van der Waals surface area contributed by atoms with Crippen molar-refractivity contribution in [2.75, 3.05) is 13.1 Å². The molecule has 1 aromatic heterocycles. The standard InChI is InChI=1S/C20H21ClFN3O.ClH.H3N/c21-16(2-1-9-23)12-24-20(26)19-11-15-4-3-14(10-18(15)25-19)13-5-7-17(22)8-6-13;;/h3-8,10-11,16,25H,1-2,9,12,23H2,(H,24,26);1H;1H3/t16-;;/m1../s1. The number of aromatic nitrogens is 1. The van der Waals surface area contributed by atoms with Gasteiger partial charge in [-0.15, -0.1) is 11.6 Å². The van der Waals surface area contributed by atoms with Gasteiger partial charge in [0.2, 0.25) is 0 Å². The molecule has 0 aliphatic rings. The van der Waals surface area contributed by atoms with Gasteiger partial charge >= 0.3 is 0 Å². The third kappa shape index (κ3) is 5.94. The van der Waals surface area contributed by atoms with Crippen molar-refractivity contribution in [1.29, 1.82) is 0 Å². The first-order valence-corrected chi connectivity index (χ1v) is 9.10. The van der Waals surface area contributed by atoms with Gasteiger partial charge in [0.1, 0.15) is 11.5 Å². The number of nitrogens with one attached hydrogen (secondary N) is 2. The molecule has 3 rings (SSSR count). The summed E-state index contributed by atoms with van der Waals surface area (Å²) in [6.07, 6.45) is 1.78. The lowest BCUT2D eigenvalue weighted by molar-refractivity contribution is -0.368. The maximum atomic E-state index is 13.1. The van der Waals surface area contributed by atoms with Crippen molar-refractivity contribution in [3.63, 3.8) is 0 Å². The first kappa shape index (κ1) is 23.9. The Bertz CT molecular complexity index is 899. The van der Waals surface area contributed by atoms with Gasteiger partial charge in [0, 0.05) is 17.4 Å². The van der Waals surface area contributed by atoms with Crippen molar-refractivity contribution in [3.05, 3.63) is 60.0 Å². The van der Waals surface area contributed by atoms with Crippen molar-refractivity contribution in [3.8, 4) is 11.1 Å². The second-order valence-corrected chi connectivity index (χ2v) is 6.91. The molecule has 0 aliphatic carbocycles. The van der Waals surface area contributed by atoms with E-state index in [1.165, 1.54) is 12.1 Å². The average Bonchev–Trinajstić information content (AvgIpc) is 3.08. The van der Waals surface area contributed by atoms with E-state index in [0.717, 1.165) is 41.4 Å². The van der Waals surface area contributed by atoms with E-state index in [0.29, 0.717) is 12.2 Å². The number of amides is 1. The molecule has 5 nitrogen and oxygen atoms in total. The van der Waals surface area contributed by atoms with Crippen LogP contribution in [0.15, 0.2) is 48.5 Å². The fraction of sp³-hybridized carbons (Fsp3) is 0.250. The van der Waals surface area contributed by atoms with E-state index in [2.05, 4.69) is 16.0 Å². The summed E-state index contributed by atoms with van der Waals surface area (Å²) in [5.41, 5.74) is 7.02. The van der Waals surface area contributed by atoms with Crippen LogP contribution in [0.25, 0.3) is 22.0 Å². The molecule has 0 radical (unpaired) electrons.